The summed E-state index contributed by atoms with van der Waals surface area (Å²) in [5.41, 5.74) is 1.55. The van der Waals surface area contributed by atoms with Crippen LogP contribution in [0, 0.1) is 0 Å². The molecule has 2 aromatic rings. The van der Waals surface area contributed by atoms with Crippen molar-refractivity contribution in [1.29, 1.82) is 0 Å². The molecule has 3 rings (SSSR count). The van der Waals surface area contributed by atoms with Crippen molar-refractivity contribution in [3.63, 3.8) is 0 Å². The smallest absolute Gasteiger partial charge is 0.160 e. The maximum atomic E-state index is 10.7. The zero-order chi connectivity index (χ0) is 20.3. The first-order chi connectivity index (χ1) is 13.4. The van der Waals surface area contributed by atoms with Crippen LogP contribution in [0.1, 0.15) is 30.1 Å². The van der Waals surface area contributed by atoms with Gasteiger partial charge in [-0.15, -0.1) is 0 Å². The summed E-state index contributed by atoms with van der Waals surface area (Å²) in [5.74, 6) is 0.727. The van der Waals surface area contributed by atoms with Crippen LogP contribution in [0.3, 0.4) is 0 Å². The molecule has 0 aromatic heterocycles. The minimum absolute atomic E-state index is 0.0282. The molecule has 0 radical (unpaired) electrons. The molecule has 1 heterocycles. The highest BCUT2D eigenvalue weighted by molar-refractivity contribution is 5.43. The highest BCUT2D eigenvalue weighted by atomic mass is 16.5. The van der Waals surface area contributed by atoms with Crippen molar-refractivity contribution in [2.75, 3.05) is 14.2 Å². The molecule has 7 nitrogen and oxygen atoms in total. The monoisotopic (exact) mass is 390 g/mol. The van der Waals surface area contributed by atoms with E-state index in [-0.39, 0.29) is 11.5 Å². The highest BCUT2D eigenvalue weighted by Crippen LogP contribution is 2.37. The largest absolute Gasteiger partial charge is 0.504 e. The first-order valence-electron chi connectivity index (χ1n) is 9.15. The van der Waals surface area contributed by atoms with Crippen LogP contribution < -0.4 is 9.47 Å². The molecular weight excluding hydrogens is 364 g/mol. The van der Waals surface area contributed by atoms with E-state index in [1.807, 2.05) is 0 Å². The molecule has 4 N–H and O–H groups in total. The molecule has 1 aliphatic rings. The van der Waals surface area contributed by atoms with E-state index in [2.05, 4.69) is 0 Å². The summed E-state index contributed by atoms with van der Waals surface area (Å²) >= 11 is 0. The van der Waals surface area contributed by atoms with Gasteiger partial charge < -0.3 is 34.6 Å². The molecule has 4 atom stereocenters. The summed E-state index contributed by atoms with van der Waals surface area (Å²) in [5, 5.41) is 40.5. The zero-order valence-corrected chi connectivity index (χ0v) is 15.9. The van der Waals surface area contributed by atoms with Crippen molar-refractivity contribution in [2.24, 2.45) is 0 Å². The van der Waals surface area contributed by atoms with Crippen LogP contribution in [0.4, 0.5) is 0 Å². The standard InChI is InChI=1S/C21H26O7/c1-26-19-8-12(3-5-15(19)23)7-17(25)21-11-14(22)10-18(28-21)13-4-6-16(24)20(9-13)27-2/h3-6,8-9,14,17-18,21-25H,7,10-11H2,1-2H3. The third-order valence-corrected chi connectivity index (χ3v) is 5.02. The summed E-state index contributed by atoms with van der Waals surface area (Å²) in [7, 11) is 2.93. The van der Waals surface area contributed by atoms with Crippen molar-refractivity contribution in [1.82, 2.24) is 0 Å². The summed E-state index contributed by atoms with van der Waals surface area (Å²) in [4.78, 5) is 0. The number of hydrogen-bond donors (Lipinski definition) is 4. The molecule has 2 aromatic carbocycles. The molecule has 1 aliphatic heterocycles. The van der Waals surface area contributed by atoms with Gasteiger partial charge in [0.2, 0.25) is 0 Å². The fourth-order valence-electron chi connectivity index (χ4n) is 3.51. The van der Waals surface area contributed by atoms with Crippen LogP contribution in [0.2, 0.25) is 0 Å². The van der Waals surface area contributed by atoms with Gasteiger partial charge in [0.1, 0.15) is 0 Å². The molecule has 7 heteroatoms. The topological polar surface area (TPSA) is 109 Å². The Morgan fingerprint density at radius 2 is 1.64 bits per heavy atom. The number of hydrogen-bond acceptors (Lipinski definition) is 7. The number of benzene rings is 2. The number of phenols is 2. The number of aromatic hydroxyl groups is 2. The van der Waals surface area contributed by atoms with Gasteiger partial charge in [0, 0.05) is 19.3 Å². The van der Waals surface area contributed by atoms with Gasteiger partial charge in [-0.2, -0.15) is 0 Å². The van der Waals surface area contributed by atoms with Crippen LogP contribution in [-0.2, 0) is 11.2 Å². The minimum Gasteiger partial charge on any atom is -0.504 e. The van der Waals surface area contributed by atoms with E-state index in [4.69, 9.17) is 14.2 Å². The Labute approximate surface area is 163 Å². The summed E-state index contributed by atoms with van der Waals surface area (Å²) in [6.07, 6.45) is -1.44. The van der Waals surface area contributed by atoms with Gasteiger partial charge in [-0.25, -0.2) is 0 Å². The van der Waals surface area contributed by atoms with Crippen LogP contribution in [0.15, 0.2) is 36.4 Å². The highest BCUT2D eigenvalue weighted by Gasteiger charge is 2.34. The average molecular weight is 390 g/mol. The van der Waals surface area contributed by atoms with Gasteiger partial charge >= 0.3 is 0 Å². The lowest BCUT2D eigenvalue weighted by Crippen LogP contribution is -2.40. The number of aliphatic hydroxyl groups excluding tert-OH is 2. The Balaban J connectivity index is 1.73. The Kier molecular flexibility index (Phi) is 6.28. The number of methoxy groups -OCH3 is 2. The second-order valence-corrected chi connectivity index (χ2v) is 7.00. The minimum atomic E-state index is -0.842. The molecule has 0 bridgehead atoms. The fourth-order valence-corrected chi connectivity index (χ4v) is 3.51. The zero-order valence-electron chi connectivity index (χ0n) is 15.9. The molecule has 1 fully saturated rings. The van der Waals surface area contributed by atoms with Gasteiger partial charge in [0.05, 0.1) is 38.6 Å². The van der Waals surface area contributed by atoms with Crippen molar-refractivity contribution < 1.29 is 34.6 Å². The third kappa shape index (κ3) is 4.49. The fraction of sp³-hybridized carbons (Fsp3) is 0.429. The van der Waals surface area contributed by atoms with Crippen LogP contribution in [0.25, 0.3) is 0 Å². The maximum Gasteiger partial charge on any atom is 0.160 e. The van der Waals surface area contributed by atoms with Crippen molar-refractivity contribution in [3.05, 3.63) is 47.5 Å². The second kappa shape index (κ2) is 8.68. The molecule has 152 valence electrons. The van der Waals surface area contributed by atoms with E-state index >= 15 is 0 Å². The predicted molar refractivity (Wildman–Crippen MR) is 102 cm³/mol. The lowest BCUT2D eigenvalue weighted by atomic mass is 9.91. The van der Waals surface area contributed by atoms with Crippen molar-refractivity contribution in [3.8, 4) is 23.0 Å². The number of phenolic OH excluding ortho intramolecular Hbond substituents is 2. The van der Waals surface area contributed by atoms with E-state index in [9.17, 15) is 20.4 Å². The van der Waals surface area contributed by atoms with E-state index in [0.717, 1.165) is 11.1 Å². The SMILES string of the molecule is COc1cc(CC(O)C2CC(O)CC(c3ccc(O)c(OC)c3)O2)ccc1O. The quantitative estimate of drug-likeness (QED) is 0.599. The Hall–Kier alpha value is -2.48. The van der Waals surface area contributed by atoms with Gasteiger partial charge in [0.15, 0.2) is 23.0 Å². The molecular formula is C21H26O7. The summed E-state index contributed by atoms with van der Waals surface area (Å²) in [6.45, 7) is 0. The number of rotatable bonds is 6. The van der Waals surface area contributed by atoms with E-state index in [1.54, 1.807) is 24.3 Å². The van der Waals surface area contributed by atoms with Crippen LogP contribution in [-0.4, -0.2) is 53.0 Å². The summed E-state index contributed by atoms with van der Waals surface area (Å²) in [6, 6.07) is 9.81. The molecule has 28 heavy (non-hydrogen) atoms. The molecule has 0 saturated carbocycles. The Bertz CT molecular complexity index is 807. The van der Waals surface area contributed by atoms with E-state index < -0.39 is 24.4 Å². The summed E-state index contributed by atoms with van der Waals surface area (Å²) < 4.78 is 16.3. The van der Waals surface area contributed by atoms with Crippen molar-refractivity contribution in [2.45, 2.75) is 43.7 Å². The van der Waals surface area contributed by atoms with Gasteiger partial charge in [-0.3, -0.25) is 0 Å². The Morgan fingerprint density at radius 3 is 2.32 bits per heavy atom. The molecule has 0 spiro atoms. The molecule has 4 unspecified atom stereocenters. The normalized spacial score (nSPS) is 23.2. The number of aliphatic hydroxyl groups is 2. The average Bonchev–Trinajstić information content (AvgIpc) is 2.69. The lowest BCUT2D eigenvalue weighted by molar-refractivity contribution is -0.139. The third-order valence-electron chi connectivity index (χ3n) is 5.02. The molecule has 0 aliphatic carbocycles. The second-order valence-electron chi connectivity index (χ2n) is 7.00. The van der Waals surface area contributed by atoms with Gasteiger partial charge in [0.25, 0.3) is 0 Å². The lowest BCUT2D eigenvalue weighted by Gasteiger charge is -2.36. The molecule has 0 amide bonds. The number of ether oxygens (including phenoxy) is 3. The van der Waals surface area contributed by atoms with Crippen molar-refractivity contribution >= 4 is 0 Å². The predicted octanol–water partition coefficient (Wildman–Crippen LogP) is 2.30. The van der Waals surface area contributed by atoms with Gasteiger partial charge in [-0.1, -0.05) is 12.1 Å². The van der Waals surface area contributed by atoms with Gasteiger partial charge in [-0.05, 0) is 35.4 Å². The Morgan fingerprint density at radius 1 is 1.00 bits per heavy atom. The van der Waals surface area contributed by atoms with Crippen LogP contribution >= 0.6 is 0 Å². The first-order valence-corrected chi connectivity index (χ1v) is 9.15. The first kappa shape index (κ1) is 20.3. The van der Waals surface area contributed by atoms with E-state index in [1.165, 1.54) is 26.4 Å². The maximum absolute atomic E-state index is 10.7. The van der Waals surface area contributed by atoms with Crippen LogP contribution in [0.5, 0.6) is 23.0 Å². The van der Waals surface area contributed by atoms with E-state index in [0.29, 0.717) is 30.8 Å². The molecule has 1 saturated heterocycles.